The number of rotatable bonds is 5. The van der Waals surface area contributed by atoms with Gasteiger partial charge in [0, 0.05) is 38.8 Å². The van der Waals surface area contributed by atoms with Crippen LogP contribution in [0.1, 0.15) is 38.3 Å². The molecule has 0 bridgehead atoms. The molecule has 0 spiro atoms. The molecule has 0 radical (unpaired) electrons. The standard InChI is InChI=1S/C18H26N4O2/c1-14(23)21-10-4-5-15(12-21)11-20-18(24)22(17-7-8-17)13-16-6-2-3-9-19-16/h2-3,6,9,15,17H,4-5,7-8,10-13H2,1H3,(H,20,24). The van der Waals surface area contributed by atoms with Crippen molar-refractivity contribution in [3.63, 3.8) is 0 Å². The van der Waals surface area contributed by atoms with E-state index in [-0.39, 0.29) is 11.9 Å². The number of pyridine rings is 1. The quantitative estimate of drug-likeness (QED) is 0.898. The fourth-order valence-electron chi connectivity index (χ4n) is 3.27. The zero-order chi connectivity index (χ0) is 16.9. The highest BCUT2D eigenvalue weighted by Crippen LogP contribution is 2.28. The molecule has 2 aliphatic rings. The van der Waals surface area contributed by atoms with E-state index in [0.29, 0.717) is 25.0 Å². The largest absolute Gasteiger partial charge is 0.343 e. The molecular formula is C18H26N4O2. The monoisotopic (exact) mass is 330 g/mol. The Morgan fingerprint density at radius 1 is 1.33 bits per heavy atom. The van der Waals surface area contributed by atoms with Crippen molar-refractivity contribution in [2.24, 2.45) is 5.92 Å². The first-order valence-corrected chi connectivity index (χ1v) is 8.83. The first kappa shape index (κ1) is 16.7. The molecule has 1 saturated carbocycles. The van der Waals surface area contributed by atoms with Crippen molar-refractivity contribution in [2.75, 3.05) is 19.6 Å². The summed E-state index contributed by atoms with van der Waals surface area (Å²) in [5.41, 5.74) is 0.917. The third-order valence-electron chi connectivity index (χ3n) is 4.81. The van der Waals surface area contributed by atoms with Gasteiger partial charge in [0.1, 0.15) is 0 Å². The smallest absolute Gasteiger partial charge is 0.318 e. The number of amides is 3. The van der Waals surface area contributed by atoms with Gasteiger partial charge in [-0.2, -0.15) is 0 Å². The normalized spacial score (nSPS) is 20.5. The molecule has 1 aliphatic heterocycles. The number of carbonyl (C=O) groups excluding carboxylic acids is 2. The van der Waals surface area contributed by atoms with Gasteiger partial charge < -0.3 is 15.1 Å². The van der Waals surface area contributed by atoms with Crippen LogP contribution in [0.4, 0.5) is 4.79 Å². The summed E-state index contributed by atoms with van der Waals surface area (Å²) in [6.45, 7) is 4.39. The lowest BCUT2D eigenvalue weighted by Crippen LogP contribution is -2.46. The van der Waals surface area contributed by atoms with Gasteiger partial charge in [-0.05, 0) is 43.7 Å². The Bertz CT molecular complexity index is 574. The first-order chi connectivity index (χ1) is 11.6. The topological polar surface area (TPSA) is 65.5 Å². The zero-order valence-corrected chi connectivity index (χ0v) is 14.3. The molecule has 24 heavy (non-hydrogen) atoms. The second kappa shape index (κ2) is 7.64. The van der Waals surface area contributed by atoms with Gasteiger partial charge in [0.2, 0.25) is 5.91 Å². The Balaban J connectivity index is 1.51. The lowest BCUT2D eigenvalue weighted by atomic mass is 9.98. The molecule has 6 nitrogen and oxygen atoms in total. The molecular weight excluding hydrogens is 304 g/mol. The summed E-state index contributed by atoms with van der Waals surface area (Å²) in [5.74, 6) is 0.475. The Morgan fingerprint density at radius 3 is 2.83 bits per heavy atom. The summed E-state index contributed by atoms with van der Waals surface area (Å²) in [4.78, 5) is 32.2. The van der Waals surface area contributed by atoms with Crippen LogP contribution < -0.4 is 5.32 Å². The summed E-state index contributed by atoms with van der Waals surface area (Å²) in [5, 5.41) is 3.07. The minimum atomic E-state index is -0.0110. The molecule has 130 valence electrons. The maximum Gasteiger partial charge on any atom is 0.318 e. The number of aromatic nitrogens is 1. The second-order valence-electron chi connectivity index (χ2n) is 6.84. The predicted octanol–water partition coefficient (Wildman–Crippen LogP) is 2.01. The molecule has 1 aromatic heterocycles. The number of hydrogen-bond acceptors (Lipinski definition) is 3. The number of likely N-dealkylation sites (tertiary alicyclic amines) is 1. The molecule has 3 rings (SSSR count). The van der Waals surface area contributed by atoms with Crippen molar-refractivity contribution in [2.45, 2.75) is 45.2 Å². The molecule has 3 amide bonds. The minimum Gasteiger partial charge on any atom is -0.343 e. The van der Waals surface area contributed by atoms with Crippen LogP contribution in [0.25, 0.3) is 0 Å². The Labute approximate surface area is 143 Å². The molecule has 1 aliphatic carbocycles. The molecule has 6 heteroatoms. The third kappa shape index (κ3) is 4.46. The van der Waals surface area contributed by atoms with Crippen LogP contribution >= 0.6 is 0 Å². The van der Waals surface area contributed by atoms with Crippen LogP contribution in [-0.4, -0.2) is 52.4 Å². The molecule has 2 fully saturated rings. The molecule has 1 unspecified atom stereocenters. The summed E-state index contributed by atoms with van der Waals surface area (Å²) >= 11 is 0. The average Bonchev–Trinajstić information content (AvgIpc) is 3.43. The van der Waals surface area contributed by atoms with Crippen LogP contribution in [0.3, 0.4) is 0 Å². The van der Waals surface area contributed by atoms with Crippen molar-refractivity contribution in [1.82, 2.24) is 20.1 Å². The highest BCUT2D eigenvalue weighted by atomic mass is 16.2. The lowest BCUT2D eigenvalue weighted by Gasteiger charge is -2.32. The predicted molar refractivity (Wildman–Crippen MR) is 91.2 cm³/mol. The number of carbonyl (C=O) groups is 2. The van der Waals surface area contributed by atoms with Crippen LogP contribution in [0.15, 0.2) is 24.4 Å². The van der Waals surface area contributed by atoms with E-state index in [1.165, 1.54) is 0 Å². The van der Waals surface area contributed by atoms with E-state index in [4.69, 9.17) is 0 Å². The Kier molecular flexibility index (Phi) is 5.33. The first-order valence-electron chi connectivity index (χ1n) is 8.83. The van der Waals surface area contributed by atoms with E-state index in [9.17, 15) is 9.59 Å². The van der Waals surface area contributed by atoms with Crippen molar-refractivity contribution in [3.05, 3.63) is 30.1 Å². The van der Waals surface area contributed by atoms with Crippen molar-refractivity contribution >= 4 is 11.9 Å². The maximum absolute atomic E-state index is 12.6. The number of hydrogen-bond donors (Lipinski definition) is 1. The van der Waals surface area contributed by atoms with Gasteiger partial charge in [-0.15, -0.1) is 0 Å². The number of piperidine rings is 1. The van der Waals surface area contributed by atoms with E-state index >= 15 is 0 Å². The fourth-order valence-corrected chi connectivity index (χ4v) is 3.27. The minimum absolute atomic E-state index is 0.0110. The molecule has 0 aromatic carbocycles. The number of nitrogens with zero attached hydrogens (tertiary/aromatic N) is 3. The van der Waals surface area contributed by atoms with Crippen molar-refractivity contribution < 1.29 is 9.59 Å². The van der Waals surface area contributed by atoms with Gasteiger partial charge in [0.05, 0.1) is 12.2 Å². The highest BCUT2D eigenvalue weighted by Gasteiger charge is 2.33. The zero-order valence-electron chi connectivity index (χ0n) is 14.3. The summed E-state index contributed by atoms with van der Waals surface area (Å²) in [6.07, 6.45) is 5.98. The van der Waals surface area contributed by atoms with Crippen LogP contribution in [0.2, 0.25) is 0 Å². The van der Waals surface area contributed by atoms with Crippen molar-refractivity contribution in [1.29, 1.82) is 0 Å². The molecule has 1 saturated heterocycles. The summed E-state index contributed by atoms with van der Waals surface area (Å²) < 4.78 is 0. The second-order valence-corrected chi connectivity index (χ2v) is 6.84. The van der Waals surface area contributed by atoms with Gasteiger partial charge in [0.25, 0.3) is 0 Å². The molecule has 1 N–H and O–H groups in total. The van der Waals surface area contributed by atoms with E-state index in [1.807, 2.05) is 28.0 Å². The summed E-state index contributed by atoms with van der Waals surface area (Å²) in [6, 6.07) is 6.11. The van der Waals surface area contributed by atoms with Gasteiger partial charge in [0.15, 0.2) is 0 Å². The van der Waals surface area contributed by atoms with E-state index in [0.717, 1.165) is 44.5 Å². The van der Waals surface area contributed by atoms with Crippen LogP contribution in [0, 0.1) is 5.92 Å². The van der Waals surface area contributed by atoms with E-state index in [1.54, 1.807) is 13.1 Å². The fraction of sp³-hybridized carbons (Fsp3) is 0.611. The lowest BCUT2D eigenvalue weighted by molar-refractivity contribution is -0.130. The van der Waals surface area contributed by atoms with Gasteiger partial charge in [-0.25, -0.2) is 4.79 Å². The SMILES string of the molecule is CC(=O)N1CCCC(CNC(=O)N(Cc2ccccn2)C2CC2)C1. The van der Waals surface area contributed by atoms with Gasteiger partial charge in [-0.1, -0.05) is 6.07 Å². The number of nitrogens with one attached hydrogen (secondary N) is 1. The number of urea groups is 1. The molecule has 1 atom stereocenters. The summed E-state index contributed by atoms with van der Waals surface area (Å²) in [7, 11) is 0. The van der Waals surface area contributed by atoms with Crippen molar-refractivity contribution in [3.8, 4) is 0 Å². The van der Waals surface area contributed by atoms with E-state index < -0.39 is 0 Å². The van der Waals surface area contributed by atoms with Gasteiger partial charge >= 0.3 is 6.03 Å². The van der Waals surface area contributed by atoms with Crippen LogP contribution in [-0.2, 0) is 11.3 Å². The highest BCUT2D eigenvalue weighted by molar-refractivity contribution is 5.75. The molecule has 1 aromatic rings. The average molecular weight is 330 g/mol. The molecule has 2 heterocycles. The third-order valence-corrected chi connectivity index (χ3v) is 4.81. The maximum atomic E-state index is 12.6. The van der Waals surface area contributed by atoms with Gasteiger partial charge in [-0.3, -0.25) is 9.78 Å². The Morgan fingerprint density at radius 2 is 2.17 bits per heavy atom. The Hall–Kier alpha value is -2.11. The van der Waals surface area contributed by atoms with Crippen LogP contribution in [0.5, 0.6) is 0 Å². The van der Waals surface area contributed by atoms with E-state index in [2.05, 4.69) is 10.3 Å².